The van der Waals surface area contributed by atoms with E-state index in [0.717, 1.165) is 18.7 Å². The molecule has 1 aliphatic rings. The Labute approximate surface area is 105 Å². The van der Waals surface area contributed by atoms with Crippen molar-refractivity contribution in [3.63, 3.8) is 0 Å². The lowest BCUT2D eigenvalue weighted by Crippen LogP contribution is -2.23. The van der Waals surface area contributed by atoms with E-state index in [0.29, 0.717) is 5.69 Å². The predicted octanol–water partition coefficient (Wildman–Crippen LogP) is 3.50. The number of amides is 1. The van der Waals surface area contributed by atoms with Crippen molar-refractivity contribution in [2.24, 2.45) is 0 Å². The van der Waals surface area contributed by atoms with Gasteiger partial charge in [0.1, 0.15) is 5.69 Å². The maximum atomic E-state index is 11.5. The van der Waals surface area contributed by atoms with Crippen molar-refractivity contribution in [1.29, 1.82) is 0 Å². The molecule has 2 rings (SSSR count). The monoisotopic (exact) mass is 236 g/mol. The maximum absolute atomic E-state index is 11.5. The third kappa shape index (κ3) is 4.17. The number of fused-ring (bicyclic) bond motifs is 1. The number of nitrogens with zero attached hydrogens (tertiary/aromatic N) is 2. The molecule has 0 aliphatic carbocycles. The van der Waals surface area contributed by atoms with Gasteiger partial charge in [-0.1, -0.05) is 40.2 Å². The first-order valence-electron chi connectivity index (χ1n) is 6.47. The molecule has 0 aromatic carbocycles. The number of pyridine rings is 1. The standard InChI is InChI=1S/C9H10N2O.C3H8.C2H6/c1-2-11-6-7-4-3-5-10-8(7)9(11)12;1-3-2;1-2/h3-5H,2,6H2,1H3;3H2,1-2H3;1-2H3. The zero-order chi connectivity index (χ0) is 13.3. The third-order valence-corrected chi connectivity index (χ3v) is 2.12. The van der Waals surface area contributed by atoms with E-state index in [-0.39, 0.29) is 5.91 Å². The summed E-state index contributed by atoms with van der Waals surface area (Å²) in [5, 5.41) is 0. The Bertz CT molecular complexity index is 337. The minimum atomic E-state index is 0.0631. The van der Waals surface area contributed by atoms with Gasteiger partial charge in [-0.05, 0) is 13.0 Å². The Morgan fingerprint density at radius 2 is 1.88 bits per heavy atom. The van der Waals surface area contributed by atoms with E-state index in [2.05, 4.69) is 18.8 Å². The molecular weight excluding hydrogens is 212 g/mol. The molecule has 0 N–H and O–H groups in total. The van der Waals surface area contributed by atoms with Crippen molar-refractivity contribution in [1.82, 2.24) is 9.88 Å². The zero-order valence-corrected chi connectivity index (χ0v) is 11.7. The fraction of sp³-hybridized carbons (Fsp3) is 0.571. The maximum Gasteiger partial charge on any atom is 0.273 e. The van der Waals surface area contributed by atoms with Gasteiger partial charge in [-0.25, -0.2) is 0 Å². The summed E-state index contributed by atoms with van der Waals surface area (Å²) >= 11 is 0. The molecule has 3 nitrogen and oxygen atoms in total. The van der Waals surface area contributed by atoms with Crippen LogP contribution in [0.5, 0.6) is 0 Å². The summed E-state index contributed by atoms with van der Waals surface area (Å²) in [6, 6.07) is 3.82. The number of rotatable bonds is 1. The number of hydrogen-bond acceptors (Lipinski definition) is 2. The molecule has 0 radical (unpaired) electrons. The quantitative estimate of drug-likeness (QED) is 0.747. The normalized spacial score (nSPS) is 12.1. The van der Waals surface area contributed by atoms with Crippen LogP contribution in [0.15, 0.2) is 18.3 Å². The van der Waals surface area contributed by atoms with Crippen LogP contribution in [0.4, 0.5) is 0 Å². The Kier molecular flexibility index (Phi) is 8.03. The van der Waals surface area contributed by atoms with Gasteiger partial charge in [0.15, 0.2) is 0 Å². The van der Waals surface area contributed by atoms with Gasteiger partial charge in [-0.15, -0.1) is 0 Å². The molecule has 0 unspecified atom stereocenters. The van der Waals surface area contributed by atoms with Gasteiger partial charge in [0, 0.05) is 24.8 Å². The average Bonchev–Trinajstić information content (AvgIpc) is 2.70. The van der Waals surface area contributed by atoms with Crippen molar-refractivity contribution >= 4 is 5.91 Å². The summed E-state index contributed by atoms with van der Waals surface area (Å²) in [6.07, 6.45) is 2.91. The van der Waals surface area contributed by atoms with Crippen LogP contribution in [0.25, 0.3) is 0 Å². The van der Waals surface area contributed by atoms with E-state index in [1.165, 1.54) is 6.42 Å². The molecule has 3 heteroatoms. The molecule has 0 spiro atoms. The first kappa shape index (κ1) is 15.6. The van der Waals surface area contributed by atoms with Gasteiger partial charge in [0.25, 0.3) is 5.91 Å². The van der Waals surface area contributed by atoms with E-state index in [4.69, 9.17) is 0 Å². The molecule has 17 heavy (non-hydrogen) atoms. The topological polar surface area (TPSA) is 33.2 Å². The van der Waals surface area contributed by atoms with Crippen molar-refractivity contribution in [2.45, 2.75) is 47.6 Å². The second-order valence-electron chi connectivity index (χ2n) is 3.54. The summed E-state index contributed by atoms with van der Waals surface area (Å²) in [4.78, 5) is 17.3. The van der Waals surface area contributed by atoms with Crippen LogP contribution in [0.2, 0.25) is 0 Å². The van der Waals surface area contributed by atoms with Crippen LogP contribution >= 0.6 is 0 Å². The van der Waals surface area contributed by atoms with E-state index >= 15 is 0 Å². The lowest BCUT2D eigenvalue weighted by molar-refractivity contribution is 0.0783. The molecule has 1 aliphatic heterocycles. The first-order valence-corrected chi connectivity index (χ1v) is 6.47. The molecule has 0 saturated heterocycles. The van der Waals surface area contributed by atoms with Crippen molar-refractivity contribution in [3.05, 3.63) is 29.6 Å². The molecular formula is C14H24N2O. The minimum absolute atomic E-state index is 0.0631. The number of carbonyl (C=O) groups excluding carboxylic acids is 1. The van der Waals surface area contributed by atoms with E-state index < -0.39 is 0 Å². The molecule has 0 saturated carbocycles. The summed E-state index contributed by atoms with van der Waals surface area (Å²) < 4.78 is 0. The van der Waals surface area contributed by atoms with Crippen LogP contribution in [0, 0.1) is 0 Å². The van der Waals surface area contributed by atoms with Crippen LogP contribution in [-0.2, 0) is 6.54 Å². The average molecular weight is 236 g/mol. The van der Waals surface area contributed by atoms with Crippen LogP contribution in [0.3, 0.4) is 0 Å². The minimum Gasteiger partial charge on any atom is -0.333 e. The van der Waals surface area contributed by atoms with Gasteiger partial charge in [-0.2, -0.15) is 0 Å². The van der Waals surface area contributed by atoms with Gasteiger partial charge >= 0.3 is 0 Å². The Morgan fingerprint density at radius 3 is 2.35 bits per heavy atom. The molecule has 1 amide bonds. The molecule has 2 heterocycles. The van der Waals surface area contributed by atoms with Crippen LogP contribution < -0.4 is 0 Å². The molecule has 0 bridgehead atoms. The van der Waals surface area contributed by atoms with Crippen molar-refractivity contribution in [2.75, 3.05) is 6.54 Å². The lowest BCUT2D eigenvalue weighted by Gasteiger charge is -2.10. The van der Waals surface area contributed by atoms with Gasteiger partial charge in [-0.3, -0.25) is 9.78 Å². The van der Waals surface area contributed by atoms with Crippen LogP contribution in [-0.4, -0.2) is 22.3 Å². The van der Waals surface area contributed by atoms with Crippen molar-refractivity contribution < 1.29 is 4.79 Å². The molecule has 1 aromatic heterocycles. The highest BCUT2D eigenvalue weighted by Gasteiger charge is 2.26. The molecule has 96 valence electrons. The third-order valence-electron chi connectivity index (χ3n) is 2.12. The van der Waals surface area contributed by atoms with Crippen molar-refractivity contribution in [3.8, 4) is 0 Å². The van der Waals surface area contributed by atoms with E-state index in [1.807, 2.05) is 32.9 Å². The number of carbonyl (C=O) groups is 1. The first-order chi connectivity index (χ1) is 8.24. The SMILES string of the molecule is CC.CCC.CCN1Cc2cccnc2C1=O. The Morgan fingerprint density at radius 1 is 1.29 bits per heavy atom. The summed E-state index contributed by atoms with van der Waals surface area (Å²) in [5.41, 5.74) is 1.67. The molecule has 0 fully saturated rings. The second kappa shape index (κ2) is 8.74. The summed E-state index contributed by atoms with van der Waals surface area (Å²) in [6.45, 7) is 11.7. The van der Waals surface area contributed by atoms with Crippen LogP contribution in [0.1, 0.15) is 57.1 Å². The Balaban J connectivity index is 0.000000450. The zero-order valence-electron chi connectivity index (χ0n) is 11.7. The van der Waals surface area contributed by atoms with E-state index in [9.17, 15) is 4.79 Å². The summed E-state index contributed by atoms with van der Waals surface area (Å²) in [7, 11) is 0. The predicted molar refractivity (Wildman–Crippen MR) is 72.0 cm³/mol. The number of aromatic nitrogens is 1. The fourth-order valence-corrected chi connectivity index (χ4v) is 1.44. The summed E-state index contributed by atoms with van der Waals surface area (Å²) in [5.74, 6) is 0.0631. The second-order valence-corrected chi connectivity index (χ2v) is 3.54. The smallest absolute Gasteiger partial charge is 0.273 e. The highest BCUT2D eigenvalue weighted by molar-refractivity contribution is 5.96. The van der Waals surface area contributed by atoms with Gasteiger partial charge < -0.3 is 4.90 Å². The lowest BCUT2D eigenvalue weighted by atomic mass is 10.2. The number of hydrogen-bond donors (Lipinski definition) is 0. The van der Waals surface area contributed by atoms with Gasteiger partial charge in [0.2, 0.25) is 0 Å². The molecule has 0 atom stereocenters. The highest BCUT2D eigenvalue weighted by atomic mass is 16.2. The van der Waals surface area contributed by atoms with Gasteiger partial charge in [0.05, 0.1) is 0 Å². The highest BCUT2D eigenvalue weighted by Crippen LogP contribution is 2.19. The fourth-order valence-electron chi connectivity index (χ4n) is 1.44. The Hall–Kier alpha value is -1.38. The largest absolute Gasteiger partial charge is 0.333 e. The molecule has 1 aromatic rings. The van der Waals surface area contributed by atoms with E-state index in [1.54, 1.807) is 11.1 Å².